The third-order valence-electron chi connectivity index (χ3n) is 3.43. The minimum atomic E-state index is -4.13. The van der Waals surface area contributed by atoms with Gasteiger partial charge in [0.05, 0.1) is 10.7 Å². The fourth-order valence-electron chi connectivity index (χ4n) is 1.98. The van der Waals surface area contributed by atoms with E-state index < -0.39 is 78.4 Å². The van der Waals surface area contributed by atoms with Crippen LogP contribution < -0.4 is 9.46 Å². The van der Waals surface area contributed by atoms with Gasteiger partial charge in [-0.05, 0) is 13.0 Å². The Morgan fingerprint density at radius 2 is 1.59 bits per heavy atom. The summed E-state index contributed by atoms with van der Waals surface area (Å²) in [5.41, 5.74) is -1.80. The summed E-state index contributed by atoms with van der Waals surface area (Å²) in [6.07, 6.45) is 0. The fourth-order valence-corrected chi connectivity index (χ4v) is 2.52. The molecule has 2 aromatic rings. The van der Waals surface area contributed by atoms with Gasteiger partial charge in [-0.3, -0.25) is 14.9 Å². The number of sulfonamides is 1. The lowest BCUT2D eigenvalue weighted by molar-refractivity contribution is -0.385. The van der Waals surface area contributed by atoms with E-state index >= 15 is 0 Å². The molecule has 0 bridgehead atoms. The highest BCUT2D eigenvalue weighted by molar-refractivity contribution is 7.90. The summed E-state index contributed by atoms with van der Waals surface area (Å²) in [6, 6.07) is 1.84. The van der Waals surface area contributed by atoms with Crippen LogP contribution in [-0.4, -0.2) is 25.0 Å². The summed E-state index contributed by atoms with van der Waals surface area (Å²) in [5.74, 6) is -16.1. The molecular weight excluding hydrogens is 431 g/mol. The molecule has 0 aliphatic heterocycles. The largest absolute Gasteiger partial charge is 0.451 e. The van der Waals surface area contributed by atoms with Gasteiger partial charge in [-0.15, -0.1) is 0 Å². The minimum absolute atomic E-state index is 0.511. The van der Waals surface area contributed by atoms with Crippen LogP contribution in [0.4, 0.5) is 27.6 Å². The Morgan fingerprint density at radius 1 is 1.07 bits per heavy atom. The maximum atomic E-state index is 13.7. The molecule has 29 heavy (non-hydrogen) atoms. The summed E-state index contributed by atoms with van der Waals surface area (Å²) in [6.45, 7) is 1.17. The van der Waals surface area contributed by atoms with Gasteiger partial charge in [0.25, 0.3) is 11.6 Å². The van der Waals surface area contributed by atoms with E-state index in [1.807, 2.05) is 0 Å². The van der Waals surface area contributed by atoms with E-state index in [2.05, 4.69) is 4.74 Å². The maximum Gasteiger partial charge on any atom is 0.282 e. The molecule has 0 spiro atoms. The van der Waals surface area contributed by atoms with Crippen molar-refractivity contribution in [3.8, 4) is 11.5 Å². The van der Waals surface area contributed by atoms with E-state index in [0.717, 1.165) is 0 Å². The lowest BCUT2D eigenvalue weighted by Gasteiger charge is -2.11. The molecular formula is C15H9F5N2O6S. The third-order valence-corrected chi connectivity index (χ3v) is 4.68. The van der Waals surface area contributed by atoms with E-state index in [9.17, 15) is 45.3 Å². The Balaban J connectivity index is 2.55. The van der Waals surface area contributed by atoms with E-state index in [4.69, 9.17) is 0 Å². The number of nitro groups is 1. The summed E-state index contributed by atoms with van der Waals surface area (Å²) in [7, 11) is -4.13. The molecule has 0 unspecified atom stereocenters. The van der Waals surface area contributed by atoms with Crippen LogP contribution in [0, 0.1) is 39.2 Å². The Labute approximate surface area is 159 Å². The molecule has 0 aliphatic carbocycles. The molecule has 0 saturated heterocycles. The van der Waals surface area contributed by atoms with Crippen molar-refractivity contribution in [3.05, 3.63) is 63.0 Å². The van der Waals surface area contributed by atoms with Gasteiger partial charge in [0.1, 0.15) is 11.3 Å². The molecule has 0 aromatic heterocycles. The van der Waals surface area contributed by atoms with Crippen LogP contribution >= 0.6 is 0 Å². The van der Waals surface area contributed by atoms with E-state index in [0.29, 0.717) is 18.2 Å². The number of hydrogen-bond donors (Lipinski definition) is 1. The van der Waals surface area contributed by atoms with Gasteiger partial charge in [0, 0.05) is 12.1 Å². The Hall–Kier alpha value is -3.29. The standard InChI is InChI=1S/C15H9F5N2O6S/c1-2-29(26,27)21-15(23)7-5-6(3-4-8(7)22(24)25)28-14-12(19)10(17)9(16)11(18)13(14)20/h3-5H,2H2,1H3,(H,21,23). The quantitative estimate of drug-likeness (QED) is 0.243. The highest BCUT2D eigenvalue weighted by Gasteiger charge is 2.29. The smallest absolute Gasteiger partial charge is 0.282 e. The van der Waals surface area contributed by atoms with Gasteiger partial charge in [0.15, 0.2) is 0 Å². The molecule has 0 aliphatic rings. The number of nitro benzene ring substituents is 1. The number of halogens is 5. The SMILES string of the molecule is CCS(=O)(=O)NC(=O)c1cc(Oc2c(F)c(F)c(F)c(F)c2F)ccc1[N+](=O)[O-]. The Bertz CT molecular complexity index is 1090. The summed E-state index contributed by atoms with van der Waals surface area (Å²) in [5, 5.41) is 11.0. The average molecular weight is 440 g/mol. The van der Waals surface area contributed by atoms with Gasteiger partial charge < -0.3 is 4.74 Å². The van der Waals surface area contributed by atoms with Crippen LogP contribution in [0.1, 0.15) is 17.3 Å². The molecule has 14 heteroatoms. The first-order valence-electron chi connectivity index (χ1n) is 7.42. The van der Waals surface area contributed by atoms with Crippen molar-refractivity contribution in [3.63, 3.8) is 0 Å². The molecule has 0 fully saturated rings. The monoisotopic (exact) mass is 440 g/mol. The second-order valence-corrected chi connectivity index (χ2v) is 7.28. The first kappa shape index (κ1) is 22.0. The molecule has 0 heterocycles. The first-order chi connectivity index (χ1) is 13.4. The van der Waals surface area contributed by atoms with Crippen LogP contribution in [0.25, 0.3) is 0 Å². The van der Waals surface area contributed by atoms with Crippen molar-refractivity contribution >= 4 is 21.6 Å². The normalized spacial score (nSPS) is 11.2. The van der Waals surface area contributed by atoms with Crippen LogP contribution in [-0.2, 0) is 10.0 Å². The van der Waals surface area contributed by atoms with Crippen molar-refractivity contribution in [2.75, 3.05) is 5.75 Å². The summed E-state index contributed by atoms with van der Waals surface area (Å²) >= 11 is 0. The first-order valence-corrected chi connectivity index (χ1v) is 9.07. The van der Waals surface area contributed by atoms with Crippen molar-refractivity contribution < 1.29 is 44.8 Å². The van der Waals surface area contributed by atoms with E-state index in [-0.39, 0.29) is 0 Å². The molecule has 0 saturated carbocycles. The fraction of sp³-hybridized carbons (Fsp3) is 0.133. The number of benzene rings is 2. The van der Waals surface area contributed by atoms with Crippen LogP contribution in [0.5, 0.6) is 11.5 Å². The maximum absolute atomic E-state index is 13.7. The second kappa shape index (κ2) is 7.98. The van der Waals surface area contributed by atoms with Gasteiger partial charge in [-0.25, -0.2) is 26.3 Å². The molecule has 1 amide bonds. The van der Waals surface area contributed by atoms with E-state index in [1.165, 1.54) is 11.6 Å². The number of rotatable bonds is 6. The van der Waals surface area contributed by atoms with Crippen molar-refractivity contribution in [2.45, 2.75) is 6.92 Å². The van der Waals surface area contributed by atoms with Crippen LogP contribution in [0.3, 0.4) is 0 Å². The number of carbonyl (C=O) groups excluding carboxylic acids is 1. The number of carbonyl (C=O) groups is 1. The summed E-state index contributed by atoms with van der Waals surface area (Å²) in [4.78, 5) is 22.0. The predicted octanol–water partition coefficient (Wildman–Crippen LogP) is 3.16. The van der Waals surface area contributed by atoms with Crippen molar-refractivity contribution in [2.24, 2.45) is 0 Å². The molecule has 2 rings (SSSR count). The van der Waals surface area contributed by atoms with Crippen LogP contribution in [0.15, 0.2) is 18.2 Å². The highest BCUT2D eigenvalue weighted by Crippen LogP contribution is 2.34. The number of amides is 1. The van der Waals surface area contributed by atoms with E-state index in [1.54, 1.807) is 0 Å². The zero-order valence-electron chi connectivity index (χ0n) is 14.1. The Morgan fingerprint density at radius 3 is 2.07 bits per heavy atom. The minimum Gasteiger partial charge on any atom is -0.451 e. The zero-order valence-corrected chi connectivity index (χ0v) is 15.0. The van der Waals surface area contributed by atoms with Gasteiger partial charge in [-0.1, -0.05) is 0 Å². The summed E-state index contributed by atoms with van der Waals surface area (Å²) < 4.78 is 96.1. The van der Waals surface area contributed by atoms with Crippen molar-refractivity contribution in [1.29, 1.82) is 0 Å². The van der Waals surface area contributed by atoms with Gasteiger partial charge in [-0.2, -0.15) is 8.78 Å². The molecule has 0 radical (unpaired) electrons. The zero-order chi connectivity index (χ0) is 22.1. The lowest BCUT2D eigenvalue weighted by atomic mass is 10.1. The topological polar surface area (TPSA) is 116 Å². The number of nitrogens with one attached hydrogen (secondary N) is 1. The molecule has 8 nitrogen and oxygen atoms in total. The lowest BCUT2D eigenvalue weighted by Crippen LogP contribution is -2.32. The number of ether oxygens (including phenoxy) is 1. The third kappa shape index (κ3) is 4.42. The predicted molar refractivity (Wildman–Crippen MR) is 86.3 cm³/mol. The van der Waals surface area contributed by atoms with Crippen LogP contribution in [0.2, 0.25) is 0 Å². The molecule has 2 aromatic carbocycles. The Kier molecular flexibility index (Phi) is 6.06. The average Bonchev–Trinajstić information content (AvgIpc) is 2.67. The molecule has 156 valence electrons. The van der Waals surface area contributed by atoms with Gasteiger partial charge >= 0.3 is 0 Å². The highest BCUT2D eigenvalue weighted by atomic mass is 32.2. The molecule has 0 atom stereocenters. The molecule has 1 N–H and O–H groups in total. The second-order valence-electron chi connectivity index (χ2n) is 5.27. The van der Waals surface area contributed by atoms with Gasteiger partial charge in [0.2, 0.25) is 44.9 Å². The van der Waals surface area contributed by atoms with Crippen molar-refractivity contribution in [1.82, 2.24) is 4.72 Å². The number of nitrogens with zero attached hydrogens (tertiary/aromatic N) is 1. The number of hydrogen-bond acceptors (Lipinski definition) is 6.